The number of quaternary nitrogens is 1. The first kappa shape index (κ1) is 14.6. The molecule has 3 heteroatoms. The van der Waals surface area contributed by atoms with Gasteiger partial charge >= 0.3 is 5.97 Å². The van der Waals surface area contributed by atoms with Crippen molar-refractivity contribution in [2.75, 3.05) is 13.6 Å². The first-order chi connectivity index (χ1) is 10.1. The third-order valence-electron chi connectivity index (χ3n) is 5.62. The summed E-state index contributed by atoms with van der Waals surface area (Å²) in [6.45, 7) is 2.66. The van der Waals surface area contributed by atoms with Crippen LogP contribution in [-0.4, -0.2) is 36.1 Å². The number of likely N-dealkylation sites (N-methyl/N-ethyl adjacent to an activating group) is 1. The molecule has 2 fully saturated rings. The summed E-state index contributed by atoms with van der Waals surface area (Å²) in [4.78, 5) is 11.0. The lowest BCUT2D eigenvalue weighted by atomic mass is 9.98. The summed E-state index contributed by atoms with van der Waals surface area (Å²) < 4.78 is 6.44. The minimum atomic E-state index is -0.250. The van der Waals surface area contributed by atoms with E-state index in [9.17, 15) is 4.79 Å². The summed E-state index contributed by atoms with van der Waals surface area (Å²) in [5.74, 6) is 0.421. The summed E-state index contributed by atoms with van der Waals surface area (Å²) in [6.07, 6.45) is 8.12. The number of hydrogen-bond acceptors (Lipinski definition) is 2. The molecular formula is C18H26NO2+. The van der Waals surface area contributed by atoms with E-state index in [0.717, 1.165) is 18.5 Å². The van der Waals surface area contributed by atoms with E-state index in [1.54, 1.807) is 0 Å². The van der Waals surface area contributed by atoms with Gasteiger partial charge in [0.15, 0.2) is 0 Å². The number of rotatable bonds is 4. The second-order valence-electron chi connectivity index (χ2n) is 6.88. The summed E-state index contributed by atoms with van der Waals surface area (Å²) >= 11 is 0. The normalized spacial score (nSPS) is 31.1. The zero-order valence-electron chi connectivity index (χ0n) is 13.2. The van der Waals surface area contributed by atoms with Gasteiger partial charge in [-0.1, -0.05) is 12.1 Å². The molecule has 0 aromatic heterocycles. The Morgan fingerprint density at radius 1 is 1.24 bits per heavy atom. The number of esters is 1. The van der Waals surface area contributed by atoms with Crippen molar-refractivity contribution in [3.63, 3.8) is 0 Å². The molecule has 0 aliphatic carbocycles. The van der Waals surface area contributed by atoms with Crippen LogP contribution in [0.5, 0.6) is 5.75 Å². The van der Waals surface area contributed by atoms with Gasteiger partial charge < -0.3 is 9.22 Å². The van der Waals surface area contributed by atoms with Gasteiger partial charge in [0, 0.05) is 26.2 Å². The van der Waals surface area contributed by atoms with Crippen LogP contribution in [0, 0.1) is 0 Å². The summed E-state index contributed by atoms with van der Waals surface area (Å²) in [5, 5.41) is 0. The van der Waals surface area contributed by atoms with Crippen LogP contribution in [0.15, 0.2) is 24.3 Å². The molecule has 3 nitrogen and oxygen atoms in total. The van der Waals surface area contributed by atoms with Crippen molar-refractivity contribution in [2.45, 2.75) is 57.5 Å². The van der Waals surface area contributed by atoms with Crippen LogP contribution in [0.2, 0.25) is 0 Å². The molecule has 2 atom stereocenters. The molecule has 2 aliphatic rings. The Morgan fingerprint density at radius 2 is 1.95 bits per heavy atom. The molecule has 21 heavy (non-hydrogen) atoms. The van der Waals surface area contributed by atoms with Crippen LogP contribution in [0.25, 0.3) is 0 Å². The highest BCUT2D eigenvalue weighted by Crippen LogP contribution is 2.41. The van der Waals surface area contributed by atoms with E-state index in [-0.39, 0.29) is 5.97 Å². The van der Waals surface area contributed by atoms with Crippen molar-refractivity contribution in [1.29, 1.82) is 0 Å². The van der Waals surface area contributed by atoms with Gasteiger partial charge in [-0.3, -0.25) is 4.79 Å². The highest BCUT2D eigenvalue weighted by atomic mass is 16.5. The fourth-order valence-electron chi connectivity index (χ4n) is 4.41. The number of fused-ring (bicyclic) bond motifs is 2. The van der Waals surface area contributed by atoms with Crippen LogP contribution in [0.1, 0.15) is 44.6 Å². The van der Waals surface area contributed by atoms with E-state index in [2.05, 4.69) is 13.1 Å². The molecule has 1 aromatic carbocycles. The molecule has 3 rings (SSSR count). The van der Waals surface area contributed by atoms with Crippen LogP contribution < -0.4 is 4.74 Å². The number of carbonyl (C=O) groups excluding carboxylic acids is 1. The van der Waals surface area contributed by atoms with Crippen molar-refractivity contribution in [1.82, 2.24) is 0 Å². The van der Waals surface area contributed by atoms with Crippen molar-refractivity contribution in [3.8, 4) is 5.75 Å². The lowest BCUT2D eigenvalue weighted by molar-refractivity contribution is -0.948. The highest BCUT2D eigenvalue weighted by molar-refractivity contribution is 5.69. The second kappa shape index (κ2) is 5.80. The standard InChI is InChI=1S/C18H26NO2/c1-14(20)21-18-8-3-5-15(13-18)11-12-19(2)16-6-4-7-17(19)10-9-16/h3,5,8,13,16-17H,4,6-7,9-12H2,1-2H3/q+1. The average Bonchev–Trinajstić information content (AvgIpc) is 2.65. The molecule has 0 saturated carbocycles. The van der Waals surface area contributed by atoms with Crippen LogP contribution in [0.3, 0.4) is 0 Å². The van der Waals surface area contributed by atoms with Crippen LogP contribution >= 0.6 is 0 Å². The van der Waals surface area contributed by atoms with Crippen LogP contribution in [0.4, 0.5) is 0 Å². The fraction of sp³-hybridized carbons (Fsp3) is 0.611. The average molecular weight is 288 g/mol. The summed E-state index contributed by atoms with van der Waals surface area (Å²) in [5.41, 5.74) is 1.28. The van der Waals surface area contributed by atoms with Gasteiger partial charge in [-0.15, -0.1) is 0 Å². The maximum Gasteiger partial charge on any atom is 0.308 e. The molecule has 0 radical (unpaired) electrons. The third kappa shape index (κ3) is 2.98. The highest BCUT2D eigenvalue weighted by Gasteiger charge is 2.47. The third-order valence-corrected chi connectivity index (χ3v) is 5.62. The summed E-state index contributed by atoms with van der Waals surface area (Å²) in [6, 6.07) is 9.75. The molecule has 2 saturated heterocycles. The maximum absolute atomic E-state index is 11.0. The van der Waals surface area contributed by atoms with E-state index in [4.69, 9.17) is 4.74 Å². The molecule has 2 heterocycles. The van der Waals surface area contributed by atoms with E-state index in [1.165, 1.54) is 55.6 Å². The number of hydrogen-bond donors (Lipinski definition) is 0. The van der Waals surface area contributed by atoms with Gasteiger partial charge in [0.25, 0.3) is 0 Å². The minimum Gasteiger partial charge on any atom is -0.427 e. The largest absolute Gasteiger partial charge is 0.427 e. The van der Waals surface area contributed by atoms with Gasteiger partial charge in [0.05, 0.1) is 25.7 Å². The van der Waals surface area contributed by atoms with Gasteiger partial charge in [-0.25, -0.2) is 0 Å². The van der Waals surface area contributed by atoms with E-state index in [1.807, 2.05) is 18.2 Å². The Bertz CT molecular complexity index is 510. The fourth-order valence-corrected chi connectivity index (χ4v) is 4.41. The van der Waals surface area contributed by atoms with Crippen molar-refractivity contribution >= 4 is 5.97 Å². The SMILES string of the molecule is CC(=O)Oc1cccc(CC[N+]2(C)C3CCCC2CC3)c1. The van der Waals surface area contributed by atoms with Crippen molar-refractivity contribution < 1.29 is 14.0 Å². The van der Waals surface area contributed by atoms with Gasteiger partial charge in [-0.05, 0) is 37.0 Å². The maximum atomic E-state index is 11.0. The molecule has 0 amide bonds. The molecule has 0 N–H and O–H groups in total. The Hall–Kier alpha value is -1.35. The predicted octanol–water partition coefficient (Wildman–Crippen LogP) is 3.32. The number of nitrogens with zero attached hydrogens (tertiary/aromatic N) is 1. The Morgan fingerprint density at radius 3 is 2.62 bits per heavy atom. The lowest BCUT2D eigenvalue weighted by Crippen LogP contribution is -2.56. The zero-order chi connectivity index (χ0) is 14.9. The number of carbonyl (C=O) groups is 1. The smallest absolute Gasteiger partial charge is 0.308 e. The topological polar surface area (TPSA) is 26.3 Å². The zero-order valence-corrected chi connectivity index (χ0v) is 13.2. The monoisotopic (exact) mass is 288 g/mol. The molecule has 1 aromatic rings. The Kier molecular flexibility index (Phi) is 4.03. The molecule has 2 unspecified atom stereocenters. The first-order valence-corrected chi connectivity index (χ1v) is 8.20. The molecular weight excluding hydrogens is 262 g/mol. The lowest BCUT2D eigenvalue weighted by Gasteiger charge is -2.45. The molecule has 2 bridgehead atoms. The number of benzene rings is 1. The second-order valence-corrected chi connectivity index (χ2v) is 6.88. The molecule has 0 spiro atoms. The minimum absolute atomic E-state index is 0.250. The molecule has 114 valence electrons. The van der Waals surface area contributed by atoms with E-state index in [0.29, 0.717) is 5.75 Å². The molecule has 2 aliphatic heterocycles. The number of ether oxygens (including phenoxy) is 1. The van der Waals surface area contributed by atoms with Crippen molar-refractivity contribution in [2.24, 2.45) is 0 Å². The van der Waals surface area contributed by atoms with Gasteiger partial charge in [0.1, 0.15) is 5.75 Å². The Labute approximate surface area is 127 Å². The van der Waals surface area contributed by atoms with Gasteiger partial charge in [0.2, 0.25) is 0 Å². The summed E-state index contributed by atoms with van der Waals surface area (Å²) in [7, 11) is 2.46. The van der Waals surface area contributed by atoms with Crippen molar-refractivity contribution in [3.05, 3.63) is 29.8 Å². The van der Waals surface area contributed by atoms with Gasteiger partial charge in [-0.2, -0.15) is 0 Å². The van der Waals surface area contributed by atoms with E-state index < -0.39 is 0 Å². The predicted molar refractivity (Wildman–Crippen MR) is 83.2 cm³/mol. The Balaban J connectivity index is 1.66. The first-order valence-electron chi connectivity index (χ1n) is 8.20. The van der Waals surface area contributed by atoms with E-state index >= 15 is 0 Å². The quantitative estimate of drug-likeness (QED) is 0.483. The number of piperidine rings is 1. The van der Waals surface area contributed by atoms with Crippen LogP contribution in [-0.2, 0) is 11.2 Å².